The Balaban J connectivity index is 1.42. The van der Waals surface area contributed by atoms with Gasteiger partial charge in [-0.05, 0) is 56.8 Å². The van der Waals surface area contributed by atoms with Crippen LogP contribution >= 0.6 is 0 Å². The highest BCUT2D eigenvalue weighted by Gasteiger charge is 2.28. The minimum Gasteiger partial charge on any atom is -0.383 e. The smallest absolute Gasteiger partial charge is 0.255 e. The number of hydrogen-bond donors (Lipinski definition) is 0. The van der Waals surface area contributed by atoms with E-state index in [9.17, 15) is 4.79 Å². The van der Waals surface area contributed by atoms with Crippen LogP contribution < -0.4 is 0 Å². The Labute approximate surface area is 172 Å². The molecule has 29 heavy (non-hydrogen) atoms. The third kappa shape index (κ3) is 5.15. The summed E-state index contributed by atoms with van der Waals surface area (Å²) in [7, 11) is 1.75. The van der Waals surface area contributed by atoms with Crippen molar-refractivity contribution in [3.05, 3.63) is 36.3 Å². The average Bonchev–Trinajstić information content (AvgIpc) is 3.43. The number of aromatic nitrogens is 2. The topological polar surface area (TPSA) is 59.3 Å². The first-order chi connectivity index (χ1) is 14.2. The molecule has 0 N–H and O–H groups in total. The zero-order chi connectivity index (χ0) is 20.1. The molecule has 2 aliphatic heterocycles. The molecule has 1 unspecified atom stereocenters. The van der Waals surface area contributed by atoms with Crippen molar-refractivity contribution < 1.29 is 14.3 Å². The third-order valence-electron chi connectivity index (χ3n) is 6.17. The lowest BCUT2D eigenvalue weighted by molar-refractivity contribution is 0.0436. The molecule has 0 aromatic carbocycles. The van der Waals surface area contributed by atoms with Crippen molar-refractivity contribution in [3.63, 3.8) is 0 Å². The molecule has 2 aromatic heterocycles. The Morgan fingerprint density at radius 1 is 1.28 bits per heavy atom. The fraction of sp³-hybridized carbons (Fsp3) is 0.636. The highest BCUT2D eigenvalue weighted by atomic mass is 16.5. The first kappa shape index (κ1) is 20.3. The maximum atomic E-state index is 13.4. The number of pyridine rings is 1. The van der Waals surface area contributed by atoms with Gasteiger partial charge in [0.1, 0.15) is 5.65 Å². The van der Waals surface area contributed by atoms with Crippen molar-refractivity contribution in [1.29, 1.82) is 0 Å². The lowest BCUT2D eigenvalue weighted by atomic mass is 9.95. The Bertz CT molecular complexity index is 794. The number of imidazole rings is 1. The van der Waals surface area contributed by atoms with E-state index in [0.717, 1.165) is 70.7 Å². The molecule has 0 radical (unpaired) electrons. The maximum absolute atomic E-state index is 13.4. The summed E-state index contributed by atoms with van der Waals surface area (Å²) in [6, 6.07) is 3.80. The molecule has 0 aliphatic carbocycles. The first-order valence-corrected chi connectivity index (χ1v) is 10.8. The molecule has 0 spiro atoms. The number of piperidine rings is 1. The van der Waals surface area contributed by atoms with Crippen LogP contribution in [-0.4, -0.2) is 84.2 Å². The van der Waals surface area contributed by atoms with Crippen molar-refractivity contribution in [2.45, 2.75) is 31.8 Å². The monoisotopic (exact) mass is 400 g/mol. The molecule has 0 bridgehead atoms. The molecule has 7 heteroatoms. The van der Waals surface area contributed by atoms with Crippen LogP contribution in [0.1, 0.15) is 36.0 Å². The zero-order valence-electron chi connectivity index (χ0n) is 17.3. The van der Waals surface area contributed by atoms with E-state index >= 15 is 0 Å². The molecule has 1 amide bonds. The molecule has 2 aromatic rings. The number of fused-ring (bicyclic) bond motifs is 1. The second-order valence-electron chi connectivity index (χ2n) is 8.23. The summed E-state index contributed by atoms with van der Waals surface area (Å²) in [5.74, 6) is 0.633. The van der Waals surface area contributed by atoms with Gasteiger partial charge in [-0.15, -0.1) is 0 Å². The van der Waals surface area contributed by atoms with Crippen LogP contribution in [0.4, 0.5) is 0 Å². The number of hydrogen-bond acceptors (Lipinski definition) is 5. The Kier molecular flexibility index (Phi) is 6.79. The van der Waals surface area contributed by atoms with Crippen LogP contribution in [0.3, 0.4) is 0 Å². The number of nitrogens with zero attached hydrogens (tertiary/aromatic N) is 4. The lowest BCUT2D eigenvalue weighted by Gasteiger charge is -2.35. The van der Waals surface area contributed by atoms with Crippen LogP contribution in [-0.2, 0) is 9.47 Å². The first-order valence-electron chi connectivity index (χ1n) is 10.8. The lowest BCUT2D eigenvalue weighted by Crippen LogP contribution is -2.44. The second-order valence-corrected chi connectivity index (χ2v) is 8.23. The van der Waals surface area contributed by atoms with E-state index in [2.05, 4.69) is 9.88 Å². The molecule has 0 saturated carbocycles. The molecule has 2 aliphatic rings. The average molecular weight is 401 g/mol. The minimum absolute atomic E-state index is 0.0953. The molecule has 2 saturated heterocycles. The van der Waals surface area contributed by atoms with Crippen LogP contribution in [0.15, 0.2) is 30.7 Å². The van der Waals surface area contributed by atoms with Crippen LogP contribution in [0.2, 0.25) is 0 Å². The van der Waals surface area contributed by atoms with E-state index in [1.54, 1.807) is 13.3 Å². The fourth-order valence-corrected chi connectivity index (χ4v) is 4.43. The van der Waals surface area contributed by atoms with Gasteiger partial charge in [-0.2, -0.15) is 0 Å². The minimum atomic E-state index is 0.0953. The normalized spacial score (nSPS) is 21.1. The molecular weight excluding hydrogens is 368 g/mol. The van der Waals surface area contributed by atoms with Crippen molar-refractivity contribution in [2.24, 2.45) is 5.92 Å². The predicted molar refractivity (Wildman–Crippen MR) is 111 cm³/mol. The van der Waals surface area contributed by atoms with E-state index in [1.165, 1.54) is 0 Å². The van der Waals surface area contributed by atoms with Gasteiger partial charge in [-0.3, -0.25) is 4.79 Å². The van der Waals surface area contributed by atoms with Gasteiger partial charge in [-0.1, -0.05) is 0 Å². The number of amides is 1. The van der Waals surface area contributed by atoms with Gasteiger partial charge in [0.15, 0.2) is 0 Å². The molecule has 4 rings (SSSR count). The van der Waals surface area contributed by atoms with Crippen LogP contribution in [0.25, 0.3) is 5.65 Å². The predicted octanol–water partition coefficient (Wildman–Crippen LogP) is 2.31. The summed E-state index contributed by atoms with van der Waals surface area (Å²) in [6.07, 6.45) is 10.1. The van der Waals surface area contributed by atoms with E-state index in [1.807, 2.05) is 33.8 Å². The largest absolute Gasteiger partial charge is 0.383 e. The molecule has 4 heterocycles. The van der Waals surface area contributed by atoms with Gasteiger partial charge in [-0.25, -0.2) is 4.98 Å². The van der Waals surface area contributed by atoms with Gasteiger partial charge in [0.05, 0.1) is 18.3 Å². The number of carbonyl (C=O) groups is 1. The molecule has 7 nitrogen and oxygen atoms in total. The van der Waals surface area contributed by atoms with Crippen LogP contribution in [0.5, 0.6) is 0 Å². The highest BCUT2D eigenvalue weighted by Crippen LogP contribution is 2.22. The van der Waals surface area contributed by atoms with Gasteiger partial charge >= 0.3 is 0 Å². The molecule has 158 valence electrons. The van der Waals surface area contributed by atoms with Gasteiger partial charge < -0.3 is 23.7 Å². The summed E-state index contributed by atoms with van der Waals surface area (Å²) in [6.45, 7) is 6.24. The molecule has 1 atom stereocenters. The van der Waals surface area contributed by atoms with Crippen molar-refractivity contribution >= 4 is 11.6 Å². The number of carbonyl (C=O) groups excluding carboxylic acids is 1. The summed E-state index contributed by atoms with van der Waals surface area (Å²) in [5.41, 5.74) is 1.57. The quantitative estimate of drug-likeness (QED) is 0.681. The van der Waals surface area contributed by atoms with Crippen molar-refractivity contribution in [1.82, 2.24) is 19.2 Å². The summed E-state index contributed by atoms with van der Waals surface area (Å²) in [4.78, 5) is 22.1. The van der Waals surface area contributed by atoms with Gasteiger partial charge in [0.25, 0.3) is 5.91 Å². The number of rotatable bonds is 8. The Hall–Kier alpha value is -1.96. The SMILES string of the molecule is COCCN1CCC(CN(CC2CCCO2)C(=O)c2ccc3nccn3c2)CC1. The van der Waals surface area contributed by atoms with Crippen LogP contribution in [0, 0.1) is 5.92 Å². The Morgan fingerprint density at radius 3 is 2.90 bits per heavy atom. The highest BCUT2D eigenvalue weighted by molar-refractivity contribution is 5.94. The summed E-state index contributed by atoms with van der Waals surface area (Å²) < 4.78 is 13.0. The van der Waals surface area contributed by atoms with E-state index in [4.69, 9.17) is 9.47 Å². The van der Waals surface area contributed by atoms with E-state index in [0.29, 0.717) is 18.0 Å². The van der Waals surface area contributed by atoms with Gasteiger partial charge in [0.2, 0.25) is 0 Å². The standard InChI is InChI=1S/C22H32N4O3/c1-28-14-12-24-9-6-18(7-10-24)15-26(17-20-3-2-13-29-20)22(27)19-4-5-21-23-8-11-25(21)16-19/h4-5,8,11,16,18,20H,2-3,6-7,9-10,12-15,17H2,1H3. The summed E-state index contributed by atoms with van der Waals surface area (Å²) in [5, 5.41) is 0. The summed E-state index contributed by atoms with van der Waals surface area (Å²) >= 11 is 0. The second kappa shape index (κ2) is 9.69. The van der Waals surface area contributed by atoms with Crippen molar-refractivity contribution in [2.75, 3.05) is 53.0 Å². The van der Waals surface area contributed by atoms with Crippen molar-refractivity contribution in [3.8, 4) is 0 Å². The van der Waals surface area contributed by atoms with E-state index < -0.39 is 0 Å². The fourth-order valence-electron chi connectivity index (χ4n) is 4.43. The number of ether oxygens (including phenoxy) is 2. The Morgan fingerprint density at radius 2 is 2.14 bits per heavy atom. The molecule has 2 fully saturated rings. The third-order valence-corrected chi connectivity index (χ3v) is 6.17. The van der Waals surface area contributed by atoms with Gasteiger partial charge in [0, 0.05) is 51.9 Å². The zero-order valence-corrected chi connectivity index (χ0v) is 17.3. The number of methoxy groups -OCH3 is 1. The van der Waals surface area contributed by atoms with E-state index in [-0.39, 0.29) is 12.0 Å². The maximum Gasteiger partial charge on any atom is 0.255 e. The molecular formula is C22H32N4O3. The number of likely N-dealkylation sites (tertiary alicyclic amines) is 1.